The molecule has 1 rings (SSSR count). The smallest absolute Gasteiger partial charge is 0.313 e. The molecule has 0 heterocycles. The van der Waals surface area contributed by atoms with Crippen LogP contribution in [0.3, 0.4) is 0 Å². The normalized spacial score (nSPS) is 12.9. The van der Waals surface area contributed by atoms with Gasteiger partial charge in [0.25, 0.3) is 0 Å². The lowest BCUT2D eigenvalue weighted by Crippen LogP contribution is -2.46. The molecule has 23 heavy (non-hydrogen) atoms. The van der Waals surface area contributed by atoms with Crippen LogP contribution in [0.1, 0.15) is 27.7 Å². The van der Waals surface area contributed by atoms with Crippen molar-refractivity contribution >= 4 is 29.1 Å². The van der Waals surface area contributed by atoms with E-state index in [2.05, 4.69) is 10.6 Å². The van der Waals surface area contributed by atoms with Crippen molar-refractivity contribution in [2.75, 3.05) is 11.9 Å². The first-order valence-electron chi connectivity index (χ1n) is 7.27. The molecule has 2 amide bonds. The van der Waals surface area contributed by atoms with Gasteiger partial charge in [-0.05, 0) is 24.1 Å². The highest BCUT2D eigenvalue weighted by Gasteiger charge is 2.31. The summed E-state index contributed by atoms with van der Waals surface area (Å²) in [6.07, 6.45) is -0.642. The average Bonchev–Trinajstić information content (AvgIpc) is 2.47. The molecule has 1 aromatic carbocycles. The maximum atomic E-state index is 13.5. The Morgan fingerprint density at radius 1 is 1.30 bits per heavy atom. The van der Waals surface area contributed by atoms with Crippen molar-refractivity contribution in [2.45, 2.75) is 33.8 Å². The number of halogens is 2. The van der Waals surface area contributed by atoms with Gasteiger partial charge in [-0.3, -0.25) is 9.59 Å². The fraction of sp³-hybridized carbons (Fsp3) is 0.500. The number of aliphatic hydroxyl groups is 1. The van der Waals surface area contributed by atoms with Gasteiger partial charge in [-0.25, -0.2) is 4.39 Å². The van der Waals surface area contributed by atoms with Crippen molar-refractivity contribution in [1.29, 1.82) is 0 Å². The van der Waals surface area contributed by atoms with Gasteiger partial charge in [0.2, 0.25) is 0 Å². The van der Waals surface area contributed by atoms with Crippen LogP contribution in [0, 0.1) is 17.2 Å². The van der Waals surface area contributed by atoms with Crippen LogP contribution in [0.4, 0.5) is 10.1 Å². The van der Waals surface area contributed by atoms with Crippen LogP contribution in [0.5, 0.6) is 0 Å². The van der Waals surface area contributed by atoms with Crippen molar-refractivity contribution in [3.05, 3.63) is 29.0 Å². The van der Waals surface area contributed by atoms with E-state index in [1.165, 1.54) is 12.1 Å². The van der Waals surface area contributed by atoms with Crippen molar-refractivity contribution < 1.29 is 19.1 Å². The van der Waals surface area contributed by atoms with Gasteiger partial charge in [0.15, 0.2) is 0 Å². The summed E-state index contributed by atoms with van der Waals surface area (Å²) in [5.74, 6) is -2.59. The zero-order chi connectivity index (χ0) is 17.8. The van der Waals surface area contributed by atoms with Gasteiger partial charge < -0.3 is 15.7 Å². The van der Waals surface area contributed by atoms with E-state index in [9.17, 15) is 19.1 Å². The fourth-order valence-corrected chi connectivity index (χ4v) is 2.34. The van der Waals surface area contributed by atoms with E-state index in [-0.39, 0.29) is 23.2 Å². The van der Waals surface area contributed by atoms with E-state index in [1.54, 1.807) is 13.8 Å². The predicted octanol–water partition coefficient (Wildman–Crippen LogP) is 2.58. The summed E-state index contributed by atoms with van der Waals surface area (Å²) in [6.45, 7) is 7.40. The molecule has 0 aliphatic heterocycles. The summed E-state index contributed by atoms with van der Waals surface area (Å²) in [5.41, 5.74) is -0.773. The Morgan fingerprint density at radius 2 is 1.91 bits per heavy atom. The highest BCUT2D eigenvalue weighted by Crippen LogP contribution is 2.25. The minimum atomic E-state index is -0.999. The molecule has 0 saturated heterocycles. The summed E-state index contributed by atoms with van der Waals surface area (Å²) < 4.78 is 13.5. The maximum Gasteiger partial charge on any atom is 0.313 e. The van der Waals surface area contributed by atoms with Crippen LogP contribution >= 0.6 is 11.6 Å². The largest absolute Gasteiger partial charge is 0.392 e. The minimum Gasteiger partial charge on any atom is -0.392 e. The first-order valence-corrected chi connectivity index (χ1v) is 7.64. The van der Waals surface area contributed by atoms with Gasteiger partial charge in [-0.2, -0.15) is 0 Å². The summed E-state index contributed by atoms with van der Waals surface area (Å²) in [7, 11) is 0. The molecule has 0 fully saturated rings. The summed E-state index contributed by atoms with van der Waals surface area (Å²) in [4.78, 5) is 23.6. The second-order valence-corrected chi connectivity index (χ2v) is 6.87. The second kappa shape index (κ2) is 7.75. The topological polar surface area (TPSA) is 78.4 Å². The highest BCUT2D eigenvalue weighted by atomic mass is 35.5. The molecule has 0 radical (unpaired) electrons. The molecule has 128 valence electrons. The van der Waals surface area contributed by atoms with Crippen LogP contribution < -0.4 is 10.6 Å². The molecule has 3 N–H and O–H groups in total. The number of aliphatic hydroxyl groups excluding tert-OH is 1. The average molecular weight is 345 g/mol. The van der Waals surface area contributed by atoms with E-state index >= 15 is 0 Å². The third-order valence-corrected chi connectivity index (χ3v) is 3.75. The molecule has 0 aromatic heterocycles. The van der Waals surface area contributed by atoms with Crippen molar-refractivity contribution in [1.82, 2.24) is 5.32 Å². The Labute approximate surface area is 140 Å². The zero-order valence-corrected chi connectivity index (χ0v) is 14.4. The van der Waals surface area contributed by atoms with Gasteiger partial charge in [0.05, 0.1) is 11.8 Å². The minimum absolute atomic E-state index is 0.0104. The Kier molecular flexibility index (Phi) is 6.53. The van der Waals surface area contributed by atoms with Crippen LogP contribution in [-0.2, 0) is 9.59 Å². The Balaban J connectivity index is 2.64. The number of carbonyl (C=O) groups is 2. The monoisotopic (exact) mass is 344 g/mol. The van der Waals surface area contributed by atoms with Crippen molar-refractivity contribution in [2.24, 2.45) is 11.3 Å². The van der Waals surface area contributed by atoms with Crippen LogP contribution in [0.2, 0.25) is 5.02 Å². The van der Waals surface area contributed by atoms with E-state index in [0.29, 0.717) is 0 Å². The summed E-state index contributed by atoms with van der Waals surface area (Å²) in [5, 5.41) is 14.9. The van der Waals surface area contributed by atoms with Crippen molar-refractivity contribution in [3.8, 4) is 0 Å². The molecular weight excluding hydrogens is 323 g/mol. The highest BCUT2D eigenvalue weighted by molar-refractivity contribution is 6.39. The molecule has 0 aliphatic carbocycles. The second-order valence-electron chi connectivity index (χ2n) is 6.44. The molecule has 1 atom stereocenters. The molecule has 0 saturated carbocycles. The van der Waals surface area contributed by atoms with Crippen molar-refractivity contribution in [3.63, 3.8) is 0 Å². The van der Waals surface area contributed by atoms with Crippen LogP contribution in [-0.4, -0.2) is 29.6 Å². The third-order valence-electron chi connectivity index (χ3n) is 3.52. The number of benzene rings is 1. The fourth-order valence-electron chi connectivity index (χ4n) is 2.17. The standard InChI is InChI=1S/C16H22ClFN2O3/c1-9(2)13(21)16(3,4)8-19-14(22)15(23)20-12-7-10(17)5-6-11(12)18/h5-7,9,13,21H,8H2,1-4H3,(H,19,22)(H,20,23). The number of hydrogen-bond donors (Lipinski definition) is 3. The van der Waals surface area contributed by atoms with Gasteiger partial charge in [-0.1, -0.05) is 39.3 Å². The number of carbonyl (C=O) groups excluding carboxylic acids is 2. The molecule has 0 aliphatic rings. The zero-order valence-electron chi connectivity index (χ0n) is 13.6. The van der Waals surface area contributed by atoms with E-state index in [1.807, 2.05) is 13.8 Å². The number of rotatable bonds is 5. The maximum absolute atomic E-state index is 13.5. The predicted molar refractivity (Wildman–Crippen MR) is 87.7 cm³/mol. The Hall–Kier alpha value is -1.66. The summed E-state index contributed by atoms with van der Waals surface area (Å²) >= 11 is 5.72. The van der Waals surface area contributed by atoms with Gasteiger partial charge in [-0.15, -0.1) is 0 Å². The molecule has 0 bridgehead atoms. The number of hydrogen-bond acceptors (Lipinski definition) is 3. The molecular formula is C16H22ClFN2O3. The Bertz CT molecular complexity index is 591. The number of anilines is 1. The molecule has 5 nitrogen and oxygen atoms in total. The first-order chi connectivity index (χ1) is 10.5. The van der Waals surface area contributed by atoms with Gasteiger partial charge >= 0.3 is 11.8 Å². The molecule has 1 aromatic rings. The third kappa shape index (κ3) is 5.48. The van der Waals surface area contributed by atoms with Gasteiger partial charge in [0, 0.05) is 17.0 Å². The SMILES string of the molecule is CC(C)C(O)C(C)(C)CNC(=O)C(=O)Nc1cc(Cl)ccc1F. The summed E-state index contributed by atoms with van der Waals surface area (Å²) in [6, 6.07) is 3.65. The molecule has 0 spiro atoms. The quantitative estimate of drug-likeness (QED) is 0.718. The molecule has 7 heteroatoms. The molecule has 1 unspecified atom stereocenters. The van der Waals surface area contributed by atoms with E-state index in [4.69, 9.17) is 11.6 Å². The lowest BCUT2D eigenvalue weighted by Gasteiger charge is -2.33. The number of amides is 2. The first kappa shape index (κ1) is 19.4. The van der Waals surface area contributed by atoms with E-state index < -0.39 is 29.2 Å². The Morgan fingerprint density at radius 3 is 2.48 bits per heavy atom. The van der Waals surface area contributed by atoms with Crippen LogP contribution in [0.15, 0.2) is 18.2 Å². The lowest BCUT2D eigenvalue weighted by molar-refractivity contribution is -0.136. The van der Waals surface area contributed by atoms with E-state index in [0.717, 1.165) is 6.07 Å². The number of nitrogens with one attached hydrogen (secondary N) is 2. The van der Waals surface area contributed by atoms with Gasteiger partial charge in [0.1, 0.15) is 5.82 Å². The lowest BCUT2D eigenvalue weighted by atomic mass is 9.81. The van der Waals surface area contributed by atoms with Crippen LogP contribution in [0.25, 0.3) is 0 Å².